The van der Waals surface area contributed by atoms with Gasteiger partial charge in [-0.05, 0) is 37.3 Å². The van der Waals surface area contributed by atoms with Gasteiger partial charge in [-0.25, -0.2) is 0 Å². The number of pyridine rings is 1. The van der Waals surface area contributed by atoms with E-state index in [4.69, 9.17) is 5.11 Å². The van der Waals surface area contributed by atoms with Gasteiger partial charge < -0.3 is 25.6 Å². The minimum atomic E-state index is -1.80. The molecule has 1 aliphatic rings. The zero-order chi connectivity index (χ0) is 18.4. The summed E-state index contributed by atoms with van der Waals surface area (Å²) < 4.78 is 0. The van der Waals surface area contributed by atoms with E-state index in [9.17, 15) is 24.7 Å². The highest BCUT2D eigenvalue weighted by Gasteiger charge is 2.39. The smallest absolute Gasteiger partial charge is 0.475 e. The summed E-state index contributed by atoms with van der Waals surface area (Å²) in [5, 5.41) is 41.0. The monoisotopic (exact) mass is 350 g/mol. The third-order valence-corrected chi connectivity index (χ3v) is 4.63. The number of hydrogen-bond donors (Lipinski definition) is 5. The van der Waals surface area contributed by atoms with Gasteiger partial charge in [0.15, 0.2) is 0 Å². The van der Waals surface area contributed by atoms with Crippen LogP contribution in [0.4, 0.5) is 0 Å². The molecule has 0 radical (unpaired) electrons. The van der Waals surface area contributed by atoms with Crippen LogP contribution in [0.2, 0.25) is 0 Å². The first-order valence-corrected chi connectivity index (χ1v) is 8.34. The molecular weight excluding hydrogens is 327 g/mol. The molecule has 1 amide bonds. The van der Waals surface area contributed by atoms with Crippen molar-refractivity contribution >= 4 is 19.0 Å². The van der Waals surface area contributed by atoms with E-state index in [1.807, 2.05) is 0 Å². The predicted octanol–water partition coefficient (Wildman–Crippen LogP) is -0.627. The zero-order valence-corrected chi connectivity index (χ0v) is 13.8. The highest BCUT2D eigenvalue weighted by atomic mass is 16.4. The number of hydrogen-bond acceptors (Lipinski definition) is 6. The van der Waals surface area contributed by atoms with Crippen LogP contribution < -0.4 is 5.32 Å². The summed E-state index contributed by atoms with van der Waals surface area (Å²) in [6.07, 6.45) is 2.18. The lowest BCUT2D eigenvalue weighted by molar-refractivity contribution is -0.149. The third-order valence-electron chi connectivity index (χ3n) is 4.63. The minimum absolute atomic E-state index is 0.00493. The van der Waals surface area contributed by atoms with E-state index in [1.165, 1.54) is 0 Å². The molecule has 1 heterocycles. The van der Waals surface area contributed by atoms with E-state index in [2.05, 4.69) is 10.3 Å². The molecule has 136 valence electrons. The van der Waals surface area contributed by atoms with Crippen LogP contribution in [-0.4, -0.2) is 56.3 Å². The van der Waals surface area contributed by atoms with Crippen LogP contribution in [0.15, 0.2) is 24.4 Å². The molecule has 4 unspecified atom stereocenters. The number of amides is 1. The van der Waals surface area contributed by atoms with Crippen molar-refractivity contribution < 1.29 is 29.9 Å². The Labute approximate surface area is 146 Å². The first-order valence-electron chi connectivity index (χ1n) is 8.34. The number of aliphatic carboxylic acids is 1. The fourth-order valence-corrected chi connectivity index (χ4v) is 3.30. The average Bonchev–Trinajstić information content (AvgIpc) is 2.56. The number of carbonyl (C=O) groups is 2. The lowest BCUT2D eigenvalue weighted by Crippen LogP contribution is -2.50. The molecule has 1 saturated carbocycles. The fourth-order valence-electron chi connectivity index (χ4n) is 3.30. The van der Waals surface area contributed by atoms with Gasteiger partial charge in [-0.15, -0.1) is 0 Å². The molecule has 1 aromatic rings. The topological polar surface area (TPSA) is 140 Å². The molecule has 0 spiro atoms. The number of nitrogens with zero attached hydrogens (tertiary/aromatic N) is 1. The Morgan fingerprint density at radius 2 is 2.08 bits per heavy atom. The SMILES string of the molecule is O=C(Cc1ccccn1)NC(CC1CCCC(C(=O)O)C1O)B(O)O. The maximum absolute atomic E-state index is 12.1. The molecular formula is C16H23BN2O6. The van der Waals surface area contributed by atoms with Gasteiger partial charge in [0.05, 0.1) is 24.4 Å². The number of aliphatic hydroxyl groups excluding tert-OH is 1. The average molecular weight is 350 g/mol. The van der Waals surface area contributed by atoms with Crippen LogP contribution in [0.1, 0.15) is 31.4 Å². The lowest BCUT2D eigenvalue weighted by atomic mass is 9.69. The lowest BCUT2D eigenvalue weighted by Gasteiger charge is -2.34. The molecule has 1 fully saturated rings. The Hall–Kier alpha value is -1.97. The van der Waals surface area contributed by atoms with Crippen LogP contribution in [0.5, 0.6) is 0 Å². The molecule has 0 saturated heterocycles. The number of aromatic nitrogens is 1. The second-order valence-electron chi connectivity index (χ2n) is 6.45. The fraction of sp³-hybridized carbons (Fsp3) is 0.562. The van der Waals surface area contributed by atoms with Crippen molar-refractivity contribution in [1.29, 1.82) is 0 Å². The molecule has 0 aliphatic heterocycles. The summed E-state index contributed by atoms with van der Waals surface area (Å²) in [7, 11) is -1.80. The summed E-state index contributed by atoms with van der Waals surface area (Å²) in [5.74, 6) is -3.74. The van der Waals surface area contributed by atoms with Gasteiger partial charge in [0.2, 0.25) is 5.91 Å². The minimum Gasteiger partial charge on any atom is -0.481 e. The van der Waals surface area contributed by atoms with Crippen molar-refractivity contribution in [2.24, 2.45) is 11.8 Å². The molecule has 5 N–H and O–H groups in total. The Morgan fingerprint density at radius 1 is 1.32 bits per heavy atom. The molecule has 1 aromatic heterocycles. The Morgan fingerprint density at radius 3 is 2.68 bits per heavy atom. The van der Waals surface area contributed by atoms with Crippen molar-refractivity contribution in [3.8, 4) is 0 Å². The quantitative estimate of drug-likeness (QED) is 0.413. The maximum Gasteiger partial charge on any atom is 0.475 e. The largest absolute Gasteiger partial charge is 0.481 e. The maximum atomic E-state index is 12.1. The molecule has 0 aromatic carbocycles. The number of carboxylic acid groups (broad SMARTS) is 1. The highest BCUT2D eigenvalue weighted by Crippen LogP contribution is 2.32. The van der Waals surface area contributed by atoms with Gasteiger partial charge >= 0.3 is 13.1 Å². The molecule has 8 nitrogen and oxygen atoms in total. The molecule has 0 bridgehead atoms. The number of nitrogens with one attached hydrogen (secondary N) is 1. The van der Waals surface area contributed by atoms with E-state index >= 15 is 0 Å². The van der Waals surface area contributed by atoms with Gasteiger partial charge in [0.1, 0.15) is 0 Å². The number of carboxylic acids is 1. The predicted molar refractivity (Wildman–Crippen MR) is 89.2 cm³/mol. The summed E-state index contributed by atoms with van der Waals surface area (Å²) in [5.41, 5.74) is 0.551. The van der Waals surface area contributed by atoms with Gasteiger partial charge in [0.25, 0.3) is 0 Å². The van der Waals surface area contributed by atoms with E-state index in [-0.39, 0.29) is 12.8 Å². The van der Waals surface area contributed by atoms with Crippen molar-refractivity contribution in [3.05, 3.63) is 30.1 Å². The van der Waals surface area contributed by atoms with Crippen LogP contribution in [-0.2, 0) is 16.0 Å². The first kappa shape index (κ1) is 19.4. The number of aliphatic hydroxyl groups is 1. The van der Waals surface area contributed by atoms with E-state index in [1.54, 1.807) is 24.4 Å². The molecule has 2 rings (SSSR count). The third kappa shape index (κ3) is 5.52. The van der Waals surface area contributed by atoms with E-state index in [0.717, 1.165) is 0 Å². The summed E-state index contributed by atoms with van der Waals surface area (Å²) in [4.78, 5) is 27.3. The Balaban J connectivity index is 1.96. The highest BCUT2D eigenvalue weighted by molar-refractivity contribution is 6.43. The second-order valence-corrected chi connectivity index (χ2v) is 6.45. The van der Waals surface area contributed by atoms with Crippen LogP contribution in [0.3, 0.4) is 0 Å². The van der Waals surface area contributed by atoms with Crippen molar-refractivity contribution in [2.45, 2.75) is 44.1 Å². The van der Waals surface area contributed by atoms with Crippen molar-refractivity contribution in [1.82, 2.24) is 10.3 Å². The zero-order valence-electron chi connectivity index (χ0n) is 13.8. The van der Waals surface area contributed by atoms with Gasteiger partial charge in [-0.3, -0.25) is 14.6 Å². The molecule has 4 atom stereocenters. The van der Waals surface area contributed by atoms with Crippen LogP contribution in [0.25, 0.3) is 0 Å². The van der Waals surface area contributed by atoms with Crippen molar-refractivity contribution in [3.63, 3.8) is 0 Å². The van der Waals surface area contributed by atoms with Gasteiger partial charge in [-0.2, -0.15) is 0 Å². The summed E-state index contributed by atoms with van der Waals surface area (Å²) >= 11 is 0. The normalized spacial score (nSPS) is 24.4. The first-order chi connectivity index (χ1) is 11.9. The summed E-state index contributed by atoms with van der Waals surface area (Å²) in [6.45, 7) is 0. The molecule has 1 aliphatic carbocycles. The molecule has 9 heteroatoms. The Bertz CT molecular complexity index is 585. The van der Waals surface area contributed by atoms with E-state index in [0.29, 0.717) is 25.0 Å². The van der Waals surface area contributed by atoms with Gasteiger partial charge in [0, 0.05) is 11.9 Å². The van der Waals surface area contributed by atoms with Crippen molar-refractivity contribution in [2.75, 3.05) is 0 Å². The number of carbonyl (C=O) groups excluding carboxylic acids is 1. The standard InChI is InChI=1S/C16H23BN2O6/c20-14(9-11-5-1-2-7-18-11)19-13(17(24)25)8-10-4-3-6-12(15(10)21)16(22)23/h1-2,5,7,10,12-13,15,21,24-25H,3-4,6,8-9H2,(H,19,20)(H,22,23). The Kier molecular flexibility index (Phi) is 6.92. The van der Waals surface area contributed by atoms with Crippen LogP contribution in [0, 0.1) is 11.8 Å². The molecule has 25 heavy (non-hydrogen) atoms. The van der Waals surface area contributed by atoms with Gasteiger partial charge in [-0.1, -0.05) is 12.5 Å². The summed E-state index contributed by atoms with van der Waals surface area (Å²) in [6, 6.07) is 5.16. The van der Waals surface area contributed by atoms with Crippen LogP contribution >= 0.6 is 0 Å². The van der Waals surface area contributed by atoms with E-state index < -0.39 is 42.9 Å². The number of rotatable bonds is 7. The second kappa shape index (κ2) is 8.93.